The van der Waals surface area contributed by atoms with Gasteiger partial charge in [-0.2, -0.15) is 0 Å². The summed E-state index contributed by atoms with van der Waals surface area (Å²) in [6.07, 6.45) is 2.13. The summed E-state index contributed by atoms with van der Waals surface area (Å²) in [5.41, 5.74) is 3.93. The Bertz CT molecular complexity index is 579. The lowest BCUT2D eigenvalue weighted by Gasteiger charge is -2.28. The van der Waals surface area contributed by atoms with Crippen LogP contribution >= 0.6 is 0 Å². The molecule has 1 saturated carbocycles. The number of aliphatic hydroxyl groups excluding tert-OH is 1. The average molecular weight is 297 g/mol. The molecule has 0 bridgehead atoms. The molecule has 2 atom stereocenters. The molecule has 2 unspecified atom stereocenters. The molecule has 0 aromatic heterocycles. The number of nitrogens with two attached hydrogens (primary N) is 1. The first-order valence-corrected chi connectivity index (χ1v) is 6.63. The summed E-state index contributed by atoms with van der Waals surface area (Å²) in [4.78, 5) is 22.1. The molecule has 21 heavy (non-hydrogen) atoms. The molecular weight excluding hydrogens is 281 g/mol. The van der Waals surface area contributed by atoms with Crippen LogP contribution in [0.5, 0.6) is 0 Å². The summed E-state index contributed by atoms with van der Waals surface area (Å²) in [6.45, 7) is 0. The van der Waals surface area contributed by atoms with Gasteiger partial charge in [0.15, 0.2) is 0 Å². The molecule has 1 aliphatic rings. The largest absolute Gasteiger partial charge is 0.392 e. The molecule has 1 aromatic rings. The van der Waals surface area contributed by atoms with Crippen molar-refractivity contribution in [2.75, 3.05) is 5.73 Å². The minimum atomic E-state index is -0.930. The second kappa shape index (κ2) is 6.04. The highest BCUT2D eigenvalue weighted by Crippen LogP contribution is 2.28. The Balaban J connectivity index is 2.26. The molecule has 114 valence electrons. The molecule has 0 radical (unpaired) electrons. The minimum Gasteiger partial charge on any atom is -0.392 e. The Hall–Kier alpha value is -2.22. The van der Waals surface area contributed by atoms with E-state index in [1.165, 1.54) is 0 Å². The van der Waals surface area contributed by atoms with E-state index in [-0.39, 0.29) is 0 Å². The molecule has 4 N–H and O–H groups in total. The first-order valence-electron chi connectivity index (χ1n) is 6.63. The van der Waals surface area contributed by atoms with Crippen LogP contribution in [0.2, 0.25) is 0 Å². The van der Waals surface area contributed by atoms with Crippen LogP contribution in [-0.4, -0.2) is 28.1 Å². The van der Waals surface area contributed by atoms with Gasteiger partial charge in [-0.3, -0.25) is 14.9 Å². The predicted molar refractivity (Wildman–Crippen MR) is 73.2 cm³/mol. The lowest BCUT2D eigenvalue weighted by Crippen LogP contribution is -2.45. The predicted octanol–water partition coefficient (Wildman–Crippen LogP) is 1.35. The van der Waals surface area contributed by atoms with Crippen molar-refractivity contribution in [2.45, 2.75) is 37.8 Å². The zero-order valence-electron chi connectivity index (χ0n) is 11.2. The highest BCUT2D eigenvalue weighted by molar-refractivity contribution is 6.01. The van der Waals surface area contributed by atoms with E-state index in [1.54, 1.807) is 0 Å². The van der Waals surface area contributed by atoms with Crippen molar-refractivity contribution in [3.8, 4) is 0 Å². The number of aliphatic hydroxyl groups is 1. The van der Waals surface area contributed by atoms with Gasteiger partial charge in [0, 0.05) is 6.07 Å². The van der Waals surface area contributed by atoms with Gasteiger partial charge in [0.05, 0.1) is 17.1 Å². The Morgan fingerprint density at radius 1 is 1.43 bits per heavy atom. The van der Waals surface area contributed by atoms with Crippen LogP contribution < -0.4 is 11.1 Å². The number of amides is 1. The number of anilines is 1. The summed E-state index contributed by atoms with van der Waals surface area (Å²) < 4.78 is 13.8. The van der Waals surface area contributed by atoms with Crippen molar-refractivity contribution in [2.24, 2.45) is 0 Å². The van der Waals surface area contributed by atoms with Crippen molar-refractivity contribution >= 4 is 17.3 Å². The monoisotopic (exact) mass is 297 g/mol. The van der Waals surface area contributed by atoms with Gasteiger partial charge in [0.2, 0.25) is 0 Å². The zero-order chi connectivity index (χ0) is 15.6. The van der Waals surface area contributed by atoms with Gasteiger partial charge in [0.25, 0.3) is 11.6 Å². The van der Waals surface area contributed by atoms with Gasteiger partial charge in [-0.1, -0.05) is 12.8 Å². The molecule has 0 aliphatic heterocycles. The fourth-order valence-corrected chi connectivity index (χ4v) is 2.49. The van der Waals surface area contributed by atoms with E-state index in [4.69, 9.17) is 5.73 Å². The molecule has 7 nitrogen and oxygen atoms in total. The number of halogens is 1. The van der Waals surface area contributed by atoms with Gasteiger partial charge in [-0.05, 0) is 18.9 Å². The fraction of sp³-hybridized carbons (Fsp3) is 0.462. The van der Waals surface area contributed by atoms with Gasteiger partial charge in [-0.15, -0.1) is 0 Å². The van der Waals surface area contributed by atoms with E-state index >= 15 is 0 Å². The molecule has 2 rings (SSSR count). The summed E-state index contributed by atoms with van der Waals surface area (Å²) >= 11 is 0. The number of nitrogen functional groups attached to an aromatic ring is 1. The number of benzene rings is 1. The maximum absolute atomic E-state index is 13.8. The number of carbonyl (C=O) groups excluding carboxylic acids is 1. The van der Waals surface area contributed by atoms with Crippen LogP contribution in [0.1, 0.15) is 36.0 Å². The summed E-state index contributed by atoms with van der Waals surface area (Å²) in [5, 5.41) is 23.1. The molecule has 0 heterocycles. The first kappa shape index (κ1) is 15.2. The average Bonchev–Trinajstić information content (AvgIpc) is 2.41. The van der Waals surface area contributed by atoms with Gasteiger partial charge >= 0.3 is 0 Å². The third-order valence-electron chi connectivity index (χ3n) is 3.64. The van der Waals surface area contributed by atoms with Crippen LogP contribution in [0.3, 0.4) is 0 Å². The Kier molecular flexibility index (Phi) is 4.37. The zero-order valence-corrected chi connectivity index (χ0v) is 11.2. The van der Waals surface area contributed by atoms with Crippen LogP contribution in [0.4, 0.5) is 15.8 Å². The Morgan fingerprint density at radius 2 is 2.10 bits per heavy atom. The van der Waals surface area contributed by atoms with Crippen LogP contribution in [0.25, 0.3) is 0 Å². The standard InChI is InChI=1S/C13H16FN3O4/c14-7-5-6-9(17(20)21)12(15)11(7)13(19)16-8-3-1-2-4-10(8)18/h5-6,8,10,18H,1-4,15H2,(H,16,19). The van der Waals surface area contributed by atoms with E-state index in [0.717, 1.165) is 25.0 Å². The Labute approximate surface area is 120 Å². The minimum absolute atomic E-state index is 0.496. The highest BCUT2D eigenvalue weighted by Gasteiger charge is 2.29. The smallest absolute Gasteiger partial charge is 0.293 e. The van der Waals surface area contributed by atoms with Crippen molar-refractivity contribution in [1.82, 2.24) is 5.32 Å². The lowest BCUT2D eigenvalue weighted by atomic mass is 9.92. The van der Waals surface area contributed by atoms with E-state index in [9.17, 15) is 24.4 Å². The van der Waals surface area contributed by atoms with Crippen molar-refractivity contribution < 1.29 is 19.2 Å². The molecule has 1 aliphatic carbocycles. The SMILES string of the molecule is Nc1c([N+](=O)[O-])ccc(F)c1C(=O)NC1CCCCC1O. The summed E-state index contributed by atoms with van der Waals surface area (Å²) in [7, 11) is 0. The summed E-state index contributed by atoms with van der Waals surface area (Å²) in [6, 6.07) is 1.25. The number of nitrogens with zero attached hydrogens (tertiary/aromatic N) is 1. The second-order valence-corrected chi connectivity index (χ2v) is 5.04. The highest BCUT2D eigenvalue weighted by atomic mass is 19.1. The normalized spacial score (nSPS) is 21.8. The molecule has 0 saturated heterocycles. The quantitative estimate of drug-likeness (QED) is 0.442. The number of nitro benzene ring substituents is 1. The topological polar surface area (TPSA) is 118 Å². The fourth-order valence-electron chi connectivity index (χ4n) is 2.49. The molecule has 1 fully saturated rings. The number of nitrogens with one attached hydrogen (secondary N) is 1. The molecule has 8 heteroatoms. The van der Waals surface area contributed by atoms with E-state index < -0.39 is 45.7 Å². The van der Waals surface area contributed by atoms with Crippen molar-refractivity contribution in [3.63, 3.8) is 0 Å². The van der Waals surface area contributed by atoms with Crippen LogP contribution in [0, 0.1) is 15.9 Å². The van der Waals surface area contributed by atoms with Crippen molar-refractivity contribution in [3.05, 3.63) is 33.6 Å². The van der Waals surface area contributed by atoms with E-state index in [2.05, 4.69) is 5.32 Å². The van der Waals surface area contributed by atoms with Crippen molar-refractivity contribution in [1.29, 1.82) is 0 Å². The summed E-state index contributed by atoms with van der Waals surface area (Å²) in [5.74, 6) is -1.78. The number of carbonyl (C=O) groups is 1. The maximum Gasteiger partial charge on any atom is 0.293 e. The molecule has 1 amide bonds. The third kappa shape index (κ3) is 3.10. The number of hydrogen-bond donors (Lipinski definition) is 3. The van der Waals surface area contributed by atoms with Crippen LogP contribution in [0.15, 0.2) is 12.1 Å². The number of hydrogen-bond acceptors (Lipinski definition) is 5. The maximum atomic E-state index is 13.8. The van der Waals surface area contributed by atoms with Gasteiger partial charge in [-0.25, -0.2) is 4.39 Å². The number of rotatable bonds is 3. The Morgan fingerprint density at radius 3 is 2.71 bits per heavy atom. The third-order valence-corrected chi connectivity index (χ3v) is 3.64. The van der Waals surface area contributed by atoms with Gasteiger partial charge in [0.1, 0.15) is 17.1 Å². The molecule has 0 spiro atoms. The van der Waals surface area contributed by atoms with E-state index in [0.29, 0.717) is 12.8 Å². The number of nitro groups is 1. The van der Waals surface area contributed by atoms with Crippen LogP contribution in [-0.2, 0) is 0 Å². The van der Waals surface area contributed by atoms with E-state index in [1.807, 2.05) is 0 Å². The van der Waals surface area contributed by atoms with Gasteiger partial charge < -0.3 is 16.2 Å². The lowest BCUT2D eigenvalue weighted by molar-refractivity contribution is -0.384. The first-order chi connectivity index (χ1) is 9.91. The molecule has 1 aromatic carbocycles. The second-order valence-electron chi connectivity index (χ2n) is 5.04. The molecular formula is C13H16FN3O4.